The molecule has 0 saturated heterocycles. The highest BCUT2D eigenvalue weighted by molar-refractivity contribution is 5.27. The summed E-state index contributed by atoms with van der Waals surface area (Å²) in [5.41, 5.74) is 6.25. The van der Waals surface area contributed by atoms with Crippen LogP contribution in [0.5, 0.6) is 5.75 Å². The number of hydrogen-bond donors (Lipinski definition) is 2. The zero-order valence-corrected chi connectivity index (χ0v) is 9.96. The van der Waals surface area contributed by atoms with Crippen LogP contribution in [0.1, 0.15) is 11.9 Å². The van der Waals surface area contributed by atoms with Crippen LogP contribution in [-0.4, -0.2) is 38.6 Å². The molecule has 1 unspecified atom stereocenters. The van der Waals surface area contributed by atoms with Gasteiger partial charge in [0.1, 0.15) is 5.75 Å². The molecule has 1 aromatic rings. The molecule has 0 aliphatic carbocycles. The second-order valence-electron chi connectivity index (χ2n) is 3.36. The van der Waals surface area contributed by atoms with E-state index in [2.05, 4.69) is 0 Å². The molecule has 0 aliphatic rings. The molecule has 0 bridgehead atoms. The summed E-state index contributed by atoms with van der Waals surface area (Å²) in [7, 11) is 1.61. The standard InChI is InChI=1S/C12H19NO4/c1-15-11-4-2-10(3-5-11)12(16-8-6-13)17-9-7-14/h2-5,12,14H,6-9,13H2,1H3. The van der Waals surface area contributed by atoms with E-state index in [0.29, 0.717) is 13.2 Å². The molecule has 1 rings (SSSR count). The van der Waals surface area contributed by atoms with Crippen LogP contribution in [-0.2, 0) is 9.47 Å². The molecule has 5 heteroatoms. The second kappa shape index (κ2) is 8.03. The Morgan fingerprint density at radius 1 is 1.18 bits per heavy atom. The lowest BCUT2D eigenvalue weighted by molar-refractivity contribution is -0.150. The average Bonchev–Trinajstić information content (AvgIpc) is 2.39. The normalized spacial score (nSPS) is 12.4. The number of rotatable bonds is 8. The van der Waals surface area contributed by atoms with Gasteiger partial charge < -0.3 is 25.1 Å². The van der Waals surface area contributed by atoms with Gasteiger partial charge in [-0.05, 0) is 12.1 Å². The number of aliphatic hydroxyl groups excluding tert-OH is 1. The number of hydrogen-bond acceptors (Lipinski definition) is 5. The minimum atomic E-state index is -0.503. The van der Waals surface area contributed by atoms with E-state index in [1.807, 2.05) is 24.3 Å². The van der Waals surface area contributed by atoms with E-state index < -0.39 is 6.29 Å². The van der Waals surface area contributed by atoms with Crippen molar-refractivity contribution >= 4 is 0 Å². The Morgan fingerprint density at radius 2 is 1.82 bits per heavy atom. The molecule has 0 aromatic heterocycles. The van der Waals surface area contributed by atoms with Gasteiger partial charge in [0, 0.05) is 12.1 Å². The topological polar surface area (TPSA) is 73.9 Å². The first-order valence-corrected chi connectivity index (χ1v) is 5.50. The van der Waals surface area contributed by atoms with E-state index in [0.717, 1.165) is 11.3 Å². The Morgan fingerprint density at radius 3 is 2.35 bits per heavy atom. The lowest BCUT2D eigenvalue weighted by Crippen LogP contribution is -2.16. The zero-order valence-electron chi connectivity index (χ0n) is 9.96. The van der Waals surface area contributed by atoms with Crippen LogP contribution >= 0.6 is 0 Å². The van der Waals surface area contributed by atoms with Crippen molar-refractivity contribution in [3.05, 3.63) is 29.8 Å². The summed E-state index contributed by atoms with van der Waals surface area (Å²) < 4.78 is 15.9. The van der Waals surface area contributed by atoms with Gasteiger partial charge in [-0.15, -0.1) is 0 Å². The van der Waals surface area contributed by atoms with Crippen molar-refractivity contribution in [2.75, 3.05) is 33.5 Å². The van der Waals surface area contributed by atoms with Crippen molar-refractivity contribution in [1.29, 1.82) is 0 Å². The Balaban J connectivity index is 2.65. The Labute approximate surface area is 101 Å². The number of ether oxygens (including phenoxy) is 3. The molecule has 1 aromatic carbocycles. The molecule has 17 heavy (non-hydrogen) atoms. The summed E-state index contributed by atoms with van der Waals surface area (Å²) in [5.74, 6) is 0.772. The van der Waals surface area contributed by atoms with Gasteiger partial charge in [0.2, 0.25) is 0 Å². The molecular formula is C12H19NO4. The number of nitrogens with two attached hydrogens (primary N) is 1. The minimum Gasteiger partial charge on any atom is -0.497 e. The highest BCUT2D eigenvalue weighted by atomic mass is 16.7. The first-order chi connectivity index (χ1) is 8.31. The van der Waals surface area contributed by atoms with Gasteiger partial charge in [0.05, 0.1) is 26.9 Å². The van der Waals surface area contributed by atoms with Gasteiger partial charge in [-0.25, -0.2) is 0 Å². The van der Waals surface area contributed by atoms with Gasteiger partial charge >= 0.3 is 0 Å². The molecule has 0 heterocycles. The molecule has 1 atom stereocenters. The van der Waals surface area contributed by atoms with E-state index in [9.17, 15) is 0 Å². The SMILES string of the molecule is COc1ccc(C(OCCN)OCCO)cc1. The van der Waals surface area contributed by atoms with Gasteiger partial charge in [-0.1, -0.05) is 12.1 Å². The van der Waals surface area contributed by atoms with E-state index in [1.54, 1.807) is 7.11 Å². The number of benzene rings is 1. The largest absolute Gasteiger partial charge is 0.497 e. The number of methoxy groups -OCH3 is 1. The summed E-state index contributed by atoms with van der Waals surface area (Å²) >= 11 is 0. The van der Waals surface area contributed by atoms with Gasteiger partial charge in [0.15, 0.2) is 6.29 Å². The fraction of sp³-hybridized carbons (Fsp3) is 0.500. The lowest BCUT2D eigenvalue weighted by Gasteiger charge is -2.18. The van der Waals surface area contributed by atoms with Crippen LogP contribution in [0, 0.1) is 0 Å². The van der Waals surface area contributed by atoms with Crippen LogP contribution in [0.2, 0.25) is 0 Å². The lowest BCUT2D eigenvalue weighted by atomic mass is 10.2. The van der Waals surface area contributed by atoms with Crippen LogP contribution in [0.15, 0.2) is 24.3 Å². The quantitative estimate of drug-likeness (QED) is 0.655. The van der Waals surface area contributed by atoms with Crippen molar-refractivity contribution < 1.29 is 19.3 Å². The molecule has 3 N–H and O–H groups in total. The van der Waals surface area contributed by atoms with Crippen LogP contribution < -0.4 is 10.5 Å². The molecule has 0 amide bonds. The van der Waals surface area contributed by atoms with Crippen LogP contribution in [0.25, 0.3) is 0 Å². The van der Waals surface area contributed by atoms with E-state index in [-0.39, 0.29) is 13.2 Å². The van der Waals surface area contributed by atoms with Crippen molar-refractivity contribution in [2.24, 2.45) is 5.73 Å². The molecule has 0 saturated carbocycles. The third-order valence-electron chi connectivity index (χ3n) is 2.14. The number of aliphatic hydroxyl groups is 1. The summed E-state index contributed by atoms with van der Waals surface area (Å²) in [6.07, 6.45) is -0.503. The third kappa shape index (κ3) is 4.70. The van der Waals surface area contributed by atoms with Crippen molar-refractivity contribution in [3.63, 3.8) is 0 Å². The van der Waals surface area contributed by atoms with Gasteiger partial charge in [0.25, 0.3) is 0 Å². The smallest absolute Gasteiger partial charge is 0.183 e. The van der Waals surface area contributed by atoms with Crippen LogP contribution in [0.4, 0.5) is 0 Å². The summed E-state index contributed by atoms with van der Waals surface area (Å²) in [6, 6.07) is 7.38. The van der Waals surface area contributed by atoms with Crippen molar-refractivity contribution in [3.8, 4) is 5.75 Å². The monoisotopic (exact) mass is 241 g/mol. The van der Waals surface area contributed by atoms with Crippen molar-refractivity contribution in [1.82, 2.24) is 0 Å². The Bertz CT molecular complexity index is 294. The molecule has 0 fully saturated rings. The molecular weight excluding hydrogens is 222 g/mol. The summed E-state index contributed by atoms with van der Waals surface area (Å²) in [6.45, 7) is 1.01. The van der Waals surface area contributed by atoms with E-state index >= 15 is 0 Å². The summed E-state index contributed by atoms with van der Waals surface area (Å²) in [4.78, 5) is 0. The fourth-order valence-electron chi connectivity index (χ4n) is 1.34. The van der Waals surface area contributed by atoms with E-state index in [4.69, 9.17) is 25.1 Å². The highest BCUT2D eigenvalue weighted by Crippen LogP contribution is 2.21. The second-order valence-corrected chi connectivity index (χ2v) is 3.36. The maximum atomic E-state index is 8.74. The highest BCUT2D eigenvalue weighted by Gasteiger charge is 2.11. The minimum absolute atomic E-state index is 0.0430. The molecule has 0 spiro atoms. The molecule has 0 radical (unpaired) electrons. The Hall–Kier alpha value is -1.14. The predicted octanol–water partition coefficient (Wildman–Crippen LogP) is 0.678. The van der Waals surface area contributed by atoms with E-state index in [1.165, 1.54) is 0 Å². The summed E-state index contributed by atoms with van der Waals surface area (Å²) in [5, 5.41) is 8.74. The zero-order chi connectivity index (χ0) is 12.5. The molecule has 0 aliphatic heterocycles. The van der Waals surface area contributed by atoms with Crippen molar-refractivity contribution in [2.45, 2.75) is 6.29 Å². The van der Waals surface area contributed by atoms with Gasteiger partial charge in [-0.3, -0.25) is 0 Å². The maximum Gasteiger partial charge on any atom is 0.183 e. The fourth-order valence-corrected chi connectivity index (χ4v) is 1.34. The Kier molecular flexibility index (Phi) is 6.57. The van der Waals surface area contributed by atoms with Crippen LogP contribution in [0.3, 0.4) is 0 Å². The predicted molar refractivity (Wildman–Crippen MR) is 63.8 cm³/mol. The first kappa shape index (κ1) is 13.9. The third-order valence-corrected chi connectivity index (χ3v) is 2.14. The first-order valence-electron chi connectivity index (χ1n) is 5.50. The average molecular weight is 241 g/mol. The maximum absolute atomic E-state index is 8.74. The molecule has 5 nitrogen and oxygen atoms in total. The van der Waals surface area contributed by atoms with Gasteiger partial charge in [-0.2, -0.15) is 0 Å². The molecule has 96 valence electrons.